The van der Waals surface area contributed by atoms with Gasteiger partial charge in [0, 0.05) is 31.3 Å². The molecule has 0 unspecified atom stereocenters. The molecule has 0 bridgehead atoms. The number of benzene rings is 2. The van der Waals surface area contributed by atoms with Crippen LogP contribution in [0.3, 0.4) is 0 Å². The minimum Gasteiger partial charge on any atom is -0.379 e. The van der Waals surface area contributed by atoms with Gasteiger partial charge in [-0.05, 0) is 80.9 Å². The Morgan fingerprint density at radius 3 is 1.78 bits per heavy atom. The van der Waals surface area contributed by atoms with Gasteiger partial charge in [-0.3, -0.25) is 28.9 Å². The molecule has 320 valence electrons. The van der Waals surface area contributed by atoms with Crippen LogP contribution in [0.4, 0.5) is 0 Å². The van der Waals surface area contributed by atoms with E-state index in [1.54, 1.807) is 0 Å². The molecule has 1 saturated heterocycles. The van der Waals surface area contributed by atoms with E-state index in [4.69, 9.17) is 4.74 Å². The van der Waals surface area contributed by atoms with Crippen LogP contribution in [0.25, 0.3) is 0 Å². The number of amides is 4. The number of unbranched alkanes of at least 4 members (excludes halogenated alkanes) is 4. The van der Waals surface area contributed by atoms with Gasteiger partial charge in [-0.1, -0.05) is 115 Å². The predicted octanol–water partition coefficient (Wildman–Crippen LogP) is 5.94. The van der Waals surface area contributed by atoms with E-state index in [0.29, 0.717) is 32.1 Å². The molecule has 1 heterocycles. The lowest BCUT2D eigenvalue weighted by Gasteiger charge is -2.28. The van der Waals surface area contributed by atoms with Gasteiger partial charge >= 0.3 is 0 Å². The smallest absolute Gasteiger partial charge is 0.243 e. The molecule has 0 spiro atoms. The summed E-state index contributed by atoms with van der Waals surface area (Å²) in [6, 6.07) is 15.8. The molecule has 0 radical (unpaired) electrons. The van der Waals surface area contributed by atoms with Crippen LogP contribution in [0.5, 0.6) is 0 Å². The number of carbonyl (C=O) groups is 5. The summed E-state index contributed by atoms with van der Waals surface area (Å²) in [7, 11) is 0. The first-order valence-corrected chi connectivity index (χ1v) is 22.0. The van der Waals surface area contributed by atoms with Crippen molar-refractivity contribution in [2.24, 2.45) is 17.3 Å². The zero-order valence-electron chi connectivity index (χ0n) is 35.9. The van der Waals surface area contributed by atoms with E-state index >= 15 is 0 Å². The highest BCUT2D eigenvalue weighted by Gasteiger charge is 2.48. The molecule has 4 N–H and O–H groups in total. The Bertz CT molecular complexity index is 1570. The zero-order valence-corrected chi connectivity index (χ0v) is 35.9. The topological polar surface area (TPSA) is 146 Å². The minimum atomic E-state index is -0.983. The fourth-order valence-corrected chi connectivity index (χ4v) is 7.60. The lowest BCUT2D eigenvalue weighted by molar-refractivity contribution is -0.135. The first-order valence-electron chi connectivity index (χ1n) is 22.0. The Labute approximate surface area is 347 Å². The van der Waals surface area contributed by atoms with Crippen LogP contribution in [0.1, 0.15) is 116 Å². The largest absolute Gasteiger partial charge is 0.379 e. The quantitative estimate of drug-likeness (QED) is 0.0863. The molecule has 11 nitrogen and oxygen atoms in total. The molecule has 4 rings (SSSR count). The molecule has 2 aromatic carbocycles. The lowest BCUT2D eigenvalue weighted by Crippen LogP contribution is -2.58. The zero-order chi connectivity index (χ0) is 41.9. The molecule has 1 aliphatic heterocycles. The number of Topliss-reactive ketones (excluding diaryl/α,β-unsaturated/α-hetero) is 1. The van der Waals surface area contributed by atoms with Gasteiger partial charge in [0.2, 0.25) is 23.6 Å². The van der Waals surface area contributed by atoms with Crippen molar-refractivity contribution in [3.8, 4) is 0 Å². The van der Waals surface area contributed by atoms with Crippen molar-refractivity contribution in [1.82, 2.24) is 26.2 Å². The third-order valence-corrected chi connectivity index (χ3v) is 11.4. The number of ketones is 1. The van der Waals surface area contributed by atoms with E-state index in [-0.39, 0.29) is 29.9 Å². The van der Waals surface area contributed by atoms with Crippen LogP contribution in [-0.4, -0.2) is 91.3 Å². The monoisotopic (exact) mass is 802 g/mol. The summed E-state index contributed by atoms with van der Waals surface area (Å²) < 4.78 is 5.44. The summed E-state index contributed by atoms with van der Waals surface area (Å²) in [5, 5.41) is 11.9. The number of rotatable bonds is 26. The summed E-state index contributed by atoms with van der Waals surface area (Å²) in [5.74, 6) is -1.28. The summed E-state index contributed by atoms with van der Waals surface area (Å²) in [5.41, 5.74) is 1.47. The van der Waals surface area contributed by atoms with Crippen molar-refractivity contribution in [1.29, 1.82) is 0 Å². The van der Waals surface area contributed by atoms with E-state index in [2.05, 4.69) is 26.2 Å². The maximum atomic E-state index is 14.2. The van der Waals surface area contributed by atoms with E-state index in [1.807, 2.05) is 95.3 Å². The summed E-state index contributed by atoms with van der Waals surface area (Å²) in [4.78, 5) is 71.5. The third-order valence-electron chi connectivity index (χ3n) is 11.4. The predicted molar refractivity (Wildman–Crippen MR) is 229 cm³/mol. The Kier molecular flexibility index (Phi) is 19.4. The van der Waals surface area contributed by atoms with E-state index in [1.165, 1.54) is 0 Å². The van der Waals surface area contributed by atoms with Gasteiger partial charge in [-0.2, -0.15) is 0 Å². The molecule has 1 aliphatic carbocycles. The summed E-state index contributed by atoms with van der Waals surface area (Å²) in [6.45, 7) is 14.6. The fourth-order valence-electron chi connectivity index (χ4n) is 7.60. The van der Waals surface area contributed by atoms with Crippen molar-refractivity contribution >= 4 is 29.4 Å². The highest BCUT2D eigenvalue weighted by molar-refractivity contribution is 5.97. The highest BCUT2D eigenvalue weighted by Crippen LogP contribution is 2.47. The van der Waals surface area contributed by atoms with E-state index in [9.17, 15) is 24.0 Å². The lowest BCUT2D eigenvalue weighted by atomic mass is 9.91. The van der Waals surface area contributed by atoms with E-state index < -0.39 is 47.3 Å². The molecule has 11 heteroatoms. The van der Waals surface area contributed by atoms with Crippen LogP contribution in [0, 0.1) is 17.3 Å². The fraction of sp³-hybridized carbons (Fsp3) is 0.638. The Hall–Kier alpha value is -4.09. The van der Waals surface area contributed by atoms with Gasteiger partial charge < -0.3 is 26.0 Å². The second kappa shape index (κ2) is 24.1. The average Bonchev–Trinajstić information content (AvgIpc) is 3.96. The molecule has 4 amide bonds. The molecule has 0 aromatic heterocycles. The Morgan fingerprint density at radius 1 is 0.638 bits per heavy atom. The van der Waals surface area contributed by atoms with Crippen molar-refractivity contribution in [3.05, 3.63) is 71.8 Å². The molecule has 2 aromatic rings. The molecular formula is C47H71N5O6. The van der Waals surface area contributed by atoms with Crippen molar-refractivity contribution < 1.29 is 28.7 Å². The highest BCUT2D eigenvalue weighted by atomic mass is 16.5. The maximum Gasteiger partial charge on any atom is 0.243 e. The minimum absolute atomic E-state index is 0.0346. The molecule has 2 fully saturated rings. The van der Waals surface area contributed by atoms with Gasteiger partial charge in [0.1, 0.15) is 18.1 Å². The second-order valence-corrected chi connectivity index (χ2v) is 17.7. The number of nitrogens with zero attached hydrogens (tertiary/aromatic N) is 1. The van der Waals surface area contributed by atoms with Crippen molar-refractivity contribution in [2.75, 3.05) is 32.8 Å². The van der Waals surface area contributed by atoms with Crippen molar-refractivity contribution in [3.63, 3.8) is 0 Å². The van der Waals surface area contributed by atoms with Crippen LogP contribution >= 0.6 is 0 Å². The first-order chi connectivity index (χ1) is 27.8. The summed E-state index contributed by atoms with van der Waals surface area (Å²) in [6.07, 6.45) is 8.89. The van der Waals surface area contributed by atoms with Gasteiger partial charge in [0.15, 0.2) is 5.78 Å². The molecule has 2 aliphatic rings. The van der Waals surface area contributed by atoms with Gasteiger partial charge in [0.05, 0.1) is 19.3 Å². The number of nitrogens with one attached hydrogen (secondary N) is 4. The van der Waals surface area contributed by atoms with Crippen LogP contribution in [0.2, 0.25) is 0 Å². The number of aryl methyl sites for hydroxylation is 1. The van der Waals surface area contributed by atoms with Crippen molar-refractivity contribution in [2.45, 2.75) is 142 Å². The van der Waals surface area contributed by atoms with Gasteiger partial charge in [-0.25, -0.2) is 0 Å². The SMILES string of the molecule is CC(C)C[C@H](NC(=O)[C@H](CCc1ccccc1)NC(=O)CCCCCCCN1CCOCC1)C(=O)N[C@@H](Cc1ccccc1)C(=O)N[C@@H](CC(C)C)C(=O)C1(C)CC1. The van der Waals surface area contributed by atoms with Gasteiger partial charge in [0.25, 0.3) is 0 Å². The Morgan fingerprint density at radius 2 is 1.16 bits per heavy atom. The van der Waals surface area contributed by atoms with Crippen LogP contribution in [0.15, 0.2) is 60.7 Å². The first kappa shape index (κ1) is 46.6. The van der Waals surface area contributed by atoms with E-state index in [0.717, 1.165) is 88.9 Å². The number of hydrogen-bond acceptors (Lipinski definition) is 7. The average molecular weight is 802 g/mol. The second-order valence-electron chi connectivity index (χ2n) is 17.7. The maximum absolute atomic E-state index is 14.2. The number of ether oxygens (including phenoxy) is 1. The number of carbonyl (C=O) groups excluding carboxylic acids is 5. The van der Waals surface area contributed by atoms with Crippen LogP contribution < -0.4 is 21.3 Å². The third kappa shape index (κ3) is 16.6. The number of morpholine rings is 1. The van der Waals surface area contributed by atoms with Gasteiger partial charge in [-0.15, -0.1) is 0 Å². The molecular weight excluding hydrogens is 731 g/mol. The number of hydrogen-bond donors (Lipinski definition) is 4. The molecule has 1 saturated carbocycles. The standard InChI is InChI=1S/C47H71N5O6/c1-34(2)31-39(43(54)47(5)24-25-47)49-46(57)41(33-37-19-13-10-14-20-37)51-45(56)40(32-35(3)4)50-44(55)38(23-22-36-17-11-9-12-18-36)48-42(53)21-15-7-6-8-16-26-52-27-29-58-30-28-52/h9-14,17-20,34-35,38-41H,6-8,15-16,21-33H2,1-5H3,(H,48,53)(H,49,57)(H,50,55)(H,51,56)/t38-,39-,40-,41-/m0/s1. The molecule has 4 atom stereocenters. The normalized spacial score (nSPS) is 17.2. The Balaban J connectivity index is 1.41. The van der Waals surface area contributed by atoms with Crippen LogP contribution in [-0.2, 0) is 41.6 Å². The molecule has 58 heavy (non-hydrogen) atoms. The summed E-state index contributed by atoms with van der Waals surface area (Å²) >= 11 is 0.